The smallest absolute Gasteiger partial charge is 0.0989 e. The number of carbonyl (C=O) groups excluding carboxylic acids is 1. The summed E-state index contributed by atoms with van der Waals surface area (Å²) in [4.78, 5) is 11.6. The minimum Gasteiger partial charge on any atom is -0.733 e. The molecule has 9 heteroatoms. The number of carboxylic acids is 1. The Balaban J connectivity index is 2.14. The molecule has 0 radical (unpaired) electrons. The first kappa shape index (κ1) is 17.1. The lowest BCUT2D eigenvalue weighted by molar-refractivity contribution is -0.255. The number of benzene rings is 2. The van der Waals surface area contributed by atoms with Gasteiger partial charge in [0.1, 0.15) is 0 Å². The summed E-state index contributed by atoms with van der Waals surface area (Å²) >= 11 is 1.33. The topological polar surface area (TPSA) is 130 Å². The van der Waals surface area contributed by atoms with Crippen molar-refractivity contribution < 1.29 is 25.5 Å². The van der Waals surface area contributed by atoms with E-state index in [0.29, 0.717) is 11.3 Å². The van der Waals surface area contributed by atoms with Crippen LogP contribution in [0.15, 0.2) is 47.4 Å². The standard InChI is InChI=1S/C14H13N2O6S/c17-14(18)9-1-2-10(13(7-9)16(21)22)8-23-12-5-3-11(4-6-12)15(19)20/h1-7,19,21-22H,8H2,(H,17,18)/q-1/p-1. The molecule has 0 aromatic heterocycles. The predicted octanol–water partition coefficient (Wildman–Crippen LogP) is 1.62. The number of hydrogen-bond acceptors (Lipinski definition) is 9. The SMILES string of the molecule is O=C([O-])c1ccc(CSc2ccc(N([O-])O)cc2)c(N(O)O)c1. The van der Waals surface area contributed by atoms with Crippen LogP contribution in [-0.2, 0) is 5.75 Å². The van der Waals surface area contributed by atoms with E-state index in [0.717, 1.165) is 11.0 Å². The summed E-state index contributed by atoms with van der Waals surface area (Å²) < 4.78 is 0. The molecule has 2 aromatic carbocycles. The summed E-state index contributed by atoms with van der Waals surface area (Å²) in [6.45, 7) is 0. The minimum atomic E-state index is -1.42. The van der Waals surface area contributed by atoms with Gasteiger partial charge < -0.3 is 20.3 Å². The molecule has 23 heavy (non-hydrogen) atoms. The van der Waals surface area contributed by atoms with Crippen LogP contribution >= 0.6 is 11.8 Å². The fourth-order valence-corrected chi connectivity index (χ4v) is 2.72. The lowest BCUT2D eigenvalue weighted by atomic mass is 10.1. The molecule has 0 aliphatic heterocycles. The maximum Gasteiger partial charge on any atom is 0.0989 e. The predicted molar refractivity (Wildman–Crippen MR) is 80.5 cm³/mol. The Kier molecular flexibility index (Phi) is 5.42. The number of aromatic carboxylic acids is 1. The Morgan fingerprint density at radius 1 is 1.09 bits per heavy atom. The van der Waals surface area contributed by atoms with Crippen molar-refractivity contribution in [3.63, 3.8) is 0 Å². The molecule has 0 atom stereocenters. The average Bonchev–Trinajstić information content (AvgIpc) is 2.52. The van der Waals surface area contributed by atoms with Gasteiger partial charge in [0.15, 0.2) is 0 Å². The van der Waals surface area contributed by atoms with Crippen LogP contribution in [0.2, 0.25) is 0 Å². The summed E-state index contributed by atoms with van der Waals surface area (Å²) in [6.07, 6.45) is 0. The summed E-state index contributed by atoms with van der Waals surface area (Å²) in [5, 5.41) is 48.3. The molecule has 2 rings (SSSR count). The lowest BCUT2D eigenvalue weighted by Gasteiger charge is -2.21. The zero-order valence-electron chi connectivity index (χ0n) is 11.6. The van der Waals surface area contributed by atoms with Crippen LogP contribution in [0.4, 0.5) is 11.4 Å². The molecule has 0 saturated carbocycles. The van der Waals surface area contributed by atoms with Gasteiger partial charge in [0, 0.05) is 10.6 Å². The number of thioether (sulfide) groups is 1. The van der Waals surface area contributed by atoms with Crippen molar-refractivity contribution in [1.82, 2.24) is 0 Å². The first-order chi connectivity index (χ1) is 10.9. The van der Waals surface area contributed by atoms with E-state index in [4.69, 9.17) is 5.21 Å². The molecular weight excluding hydrogens is 324 g/mol. The summed E-state index contributed by atoms with van der Waals surface area (Å²) in [5.74, 6) is -1.10. The van der Waals surface area contributed by atoms with Crippen LogP contribution in [0, 0.1) is 5.21 Å². The van der Waals surface area contributed by atoms with Gasteiger partial charge in [-0.1, -0.05) is 12.1 Å². The Labute approximate surface area is 135 Å². The van der Waals surface area contributed by atoms with Gasteiger partial charge in [0.2, 0.25) is 0 Å². The van der Waals surface area contributed by atoms with Gasteiger partial charge in [-0.25, -0.2) is 0 Å². The second kappa shape index (κ2) is 7.31. The van der Waals surface area contributed by atoms with Crippen molar-refractivity contribution in [3.8, 4) is 0 Å². The van der Waals surface area contributed by atoms with E-state index in [1.54, 1.807) is 12.1 Å². The monoisotopic (exact) mass is 336 g/mol. The minimum absolute atomic E-state index is 0.0723. The lowest BCUT2D eigenvalue weighted by Crippen LogP contribution is -2.23. The first-order valence-corrected chi connectivity index (χ1v) is 7.28. The van der Waals surface area contributed by atoms with Crippen molar-refractivity contribution in [2.24, 2.45) is 0 Å². The maximum absolute atomic E-state index is 10.8. The van der Waals surface area contributed by atoms with Gasteiger partial charge in [0.05, 0.1) is 17.3 Å². The largest absolute Gasteiger partial charge is 0.733 e. The van der Waals surface area contributed by atoms with Crippen molar-refractivity contribution in [1.29, 1.82) is 0 Å². The van der Waals surface area contributed by atoms with Gasteiger partial charge in [-0.15, -0.1) is 17.0 Å². The molecule has 0 aliphatic rings. The maximum atomic E-state index is 10.8. The Hall–Kier alpha value is -2.30. The fraction of sp³-hybridized carbons (Fsp3) is 0.0714. The molecule has 0 aliphatic carbocycles. The highest BCUT2D eigenvalue weighted by Gasteiger charge is 2.10. The second-order valence-corrected chi connectivity index (χ2v) is 5.52. The molecule has 0 bridgehead atoms. The van der Waals surface area contributed by atoms with Crippen LogP contribution in [0.5, 0.6) is 0 Å². The number of carbonyl (C=O) groups is 1. The second-order valence-electron chi connectivity index (χ2n) is 4.48. The van der Waals surface area contributed by atoms with E-state index >= 15 is 0 Å². The number of nitrogens with zero attached hydrogens (tertiary/aromatic N) is 2. The van der Waals surface area contributed by atoms with E-state index < -0.39 is 5.97 Å². The molecule has 0 unspecified atom stereocenters. The molecule has 0 heterocycles. The molecule has 0 amide bonds. The molecule has 122 valence electrons. The zero-order chi connectivity index (χ0) is 17.0. The summed E-state index contributed by atoms with van der Waals surface area (Å²) in [7, 11) is 0. The number of hydrogen-bond donors (Lipinski definition) is 3. The number of carboxylic acid groups (broad SMARTS) is 1. The Morgan fingerprint density at radius 3 is 2.26 bits per heavy atom. The van der Waals surface area contributed by atoms with Crippen molar-refractivity contribution in [2.75, 3.05) is 10.5 Å². The zero-order valence-corrected chi connectivity index (χ0v) is 12.4. The van der Waals surface area contributed by atoms with E-state index in [9.17, 15) is 25.5 Å². The van der Waals surface area contributed by atoms with Crippen LogP contribution in [0.1, 0.15) is 15.9 Å². The highest BCUT2D eigenvalue weighted by molar-refractivity contribution is 7.98. The van der Waals surface area contributed by atoms with Crippen molar-refractivity contribution in [3.05, 3.63) is 58.8 Å². The van der Waals surface area contributed by atoms with E-state index in [2.05, 4.69) is 0 Å². The average molecular weight is 336 g/mol. The van der Waals surface area contributed by atoms with Crippen LogP contribution in [0.25, 0.3) is 0 Å². The fourth-order valence-electron chi connectivity index (χ4n) is 1.83. The van der Waals surface area contributed by atoms with Crippen molar-refractivity contribution >= 4 is 29.1 Å². The summed E-state index contributed by atoms with van der Waals surface area (Å²) in [5.41, 5.74) is 0.327. The number of anilines is 2. The van der Waals surface area contributed by atoms with Gasteiger partial charge in [-0.2, -0.15) is 0 Å². The van der Waals surface area contributed by atoms with Gasteiger partial charge in [0.25, 0.3) is 0 Å². The first-order valence-electron chi connectivity index (χ1n) is 6.29. The number of rotatable bonds is 6. The summed E-state index contributed by atoms with van der Waals surface area (Å²) in [6, 6.07) is 9.95. The van der Waals surface area contributed by atoms with Crippen LogP contribution in [0.3, 0.4) is 0 Å². The third kappa shape index (κ3) is 4.34. The third-order valence-electron chi connectivity index (χ3n) is 2.99. The molecule has 0 spiro atoms. The normalized spacial score (nSPS) is 10.4. The van der Waals surface area contributed by atoms with Crippen LogP contribution < -0.4 is 15.6 Å². The molecule has 0 fully saturated rings. The van der Waals surface area contributed by atoms with E-state index in [-0.39, 0.29) is 27.4 Å². The molecule has 0 saturated heterocycles. The third-order valence-corrected chi connectivity index (χ3v) is 4.05. The quantitative estimate of drug-likeness (QED) is 0.532. The van der Waals surface area contributed by atoms with Gasteiger partial charge in [-0.3, -0.25) is 15.6 Å². The molecule has 8 nitrogen and oxygen atoms in total. The highest BCUT2D eigenvalue weighted by atomic mass is 32.2. The molecular formula is C14H12N2O6S-2. The van der Waals surface area contributed by atoms with Gasteiger partial charge >= 0.3 is 0 Å². The molecule has 3 N–H and O–H groups in total. The van der Waals surface area contributed by atoms with Crippen LogP contribution in [-0.4, -0.2) is 21.6 Å². The van der Waals surface area contributed by atoms with Crippen molar-refractivity contribution in [2.45, 2.75) is 10.6 Å². The highest BCUT2D eigenvalue weighted by Crippen LogP contribution is 2.29. The van der Waals surface area contributed by atoms with Gasteiger partial charge in [-0.05, 0) is 41.5 Å². The Morgan fingerprint density at radius 2 is 1.74 bits per heavy atom. The van der Waals surface area contributed by atoms with E-state index in [1.807, 2.05) is 0 Å². The van der Waals surface area contributed by atoms with E-state index in [1.165, 1.54) is 36.0 Å². The molecule has 2 aromatic rings. The Bertz CT molecular complexity index is 690.